The van der Waals surface area contributed by atoms with Crippen LogP contribution < -0.4 is 10.9 Å². The largest absolute Gasteiger partial charge is 0.318 e. The van der Waals surface area contributed by atoms with Crippen LogP contribution in [-0.2, 0) is 0 Å². The quantitative estimate of drug-likeness (QED) is 0.695. The predicted octanol–water partition coefficient (Wildman–Crippen LogP) is 3.45. The third kappa shape index (κ3) is 3.72. The SMILES string of the molecule is Cc1cc(C(=O)NNC(=O)c2ccc(F)c(F)c2)c(C)n1-c1ccccc1. The van der Waals surface area contributed by atoms with Gasteiger partial charge in [0.1, 0.15) is 0 Å². The molecule has 0 saturated carbocycles. The fraction of sp³-hybridized carbons (Fsp3) is 0.100. The number of carbonyl (C=O) groups excluding carboxylic acids is 2. The van der Waals surface area contributed by atoms with Crippen molar-refractivity contribution in [3.63, 3.8) is 0 Å². The van der Waals surface area contributed by atoms with Gasteiger partial charge in [0.15, 0.2) is 11.6 Å². The summed E-state index contributed by atoms with van der Waals surface area (Å²) in [7, 11) is 0. The number of rotatable bonds is 3. The number of carbonyl (C=O) groups is 2. The molecule has 3 aromatic rings. The highest BCUT2D eigenvalue weighted by molar-refractivity contribution is 5.99. The van der Waals surface area contributed by atoms with Crippen LogP contribution in [0.3, 0.4) is 0 Å². The molecule has 0 spiro atoms. The molecule has 7 heteroatoms. The molecule has 0 atom stereocenters. The van der Waals surface area contributed by atoms with Gasteiger partial charge in [-0.15, -0.1) is 0 Å². The molecule has 0 aliphatic heterocycles. The van der Waals surface area contributed by atoms with Crippen molar-refractivity contribution in [1.29, 1.82) is 0 Å². The zero-order valence-electron chi connectivity index (χ0n) is 14.7. The average molecular weight is 369 g/mol. The highest BCUT2D eigenvalue weighted by atomic mass is 19.2. The number of hydrogen-bond acceptors (Lipinski definition) is 2. The van der Waals surface area contributed by atoms with Crippen LogP contribution >= 0.6 is 0 Å². The summed E-state index contributed by atoms with van der Waals surface area (Å²) in [5.74, 6) is -3.45. The standard InChI is InChI=1S/C20H17F2N3O2/c1-12-10-16(13(2)25(12)15-6-4-3-5-7-15)20(27)24-23-19(26)14-8-9-17(21)18(22)11-14/h3-11H,1-2H3,(H,23,26)(H,24,27). The zero-order chi connectivity index (χ0) is 19.6. The van der Waals surface area contributed by atoms with Gasteiger partial charge >= 0.3 is 0 Å². The van der Waals surface area contributed by atoms with Crippen molar-refractivity contribution in [2.75, 3.05) is 0 Å². The first-order chi connectivity index (χ1) is 12.9. The summed E-state index contributed by atoms with van der Waals surface area (Å²) in [6.45, 7) is 3.67. The van der Waals surface area contributed by atoms with Gasteiger partial charge in [0.25, 0.3) is 11.8 Å². The number of amides is 2. The Kier molecular flexibility index (Phi) is 5.03. The van der Waals surface area contributed by atoms with E-state index in [1.807, 2.05) is 41.8 Å². The van der Waals surface area contributed by atoms with E-state index in [1.165, 1.54) is 0 Å². The number of nitrogens with zero attached hydrogens (tertiary/aromatic N) is 1. The lowest BCUT2D eigenvalue weighted by Gasteiger charge is -2.10. The van der Waals surface area contributed by atoms with E-state index in [2.05, 4.69) is 10.9 Å². The summed E-state index contributed by atoms with van der Waals surface area (Å²) in [6, 6.07) is 14.0. The highest BCUT2D eigenvalue weighted by Gasteiger charge is 2.17. The maximum Gasteiger partial charge on any atom is 0.271 e. The Labute approximate surface area is 154 Å². The van der Waals surface area contributed by atoms with Crippen LogP contribution in [0, 0.1) is 25.5 Å². The molecule has 0 aliphatic carbocycles. The molecular formula is C20H17F2N3O2. The van der Waals surface area contributed by atoms with Gasteiger partial charge in [0.05, 0.1) is 5.56 Å². The molecule has 5 nitrogen and oxygen atoms in total. The maximum atomic E-state index is 13.2. The normalized spacial score (nSPS) is 10.5. The molecule has 27 heavy (non-hydrogen) atoms. The summed E-state index contributed by atoms with van der Waals surface area (Å²) in [5, 5.41) is 0. The second-order valence-corrected chi connectivity index (χ2v) is 5.99. The van der Waals surface area contributed by atoms with Crippen molar-refractivity contribution >= 4 is 11.8 Å². The number of benzene rings is 2. The van der Waals surface area contributed by atoms with Gasteiger partial charge in [-0.3, -0.25) is 20.4 Å². The van der Waals surface area contributed by atoms with Crippen molar-refractivity contribution in [2.24, 2.45) is 0 Å². The Morgan fingerprint density at radius 1 is 0.852 bits per heavy atom. The first kappa shape index (κ1) is 18.3. The zero-order valence-corrected chi connectivity index (χ0v) is 14.7. The van der Waals surface area contributed by atoms with Gasteiger partial charge in [0.2, 0.25) is 0 Å². The molecule has 2 N–H and O–H groups in total. The van der Waals surface area contributed by atoms with Gasteiger partial charge in [-0.2, -0.15) is 0 Å². The van der Waals surface area contributed by atoms with Crippen LogP contribution in [0.5, 0.6) is 0 Å². The van der Waals surface area contributed by atoms with Crippen LogP contribution in [0.2, 0.25) is 0 Å². The third-order valence-corrected chi connectivity index (χ3v) is 4.16. The predicted molar refractivity (Wildman–Crippen MR) is 96.5 cm³/mol. The number of hydrogen-bond donors (Lipinski definition) is 2. The van der Waals surface area contributed by atoms with Crippen LogP contribution in [0.4, 0.5) is 8.78 Å². The van der Waals surface area contributed by atoms with Gasteiger partial charge in [0, 0.05) is 22.6 Å². The van der Waals surface area contributed by atoms with Crippen LogP contribution in [0.1, 0.15) is 32.1 Å². The molecule has 1 heterocycles. The minimum atomic E-state index is -1.14. The van der Waals surface area contributed by atoms with Crippen molar-refractivity contribution in [2.45, 2.75) is 13.8 Å². The number of aryl methyl sites for hydroxylation is 1. The summed E-state index contributed by atoms with van der Waals surface area (Å²) in [5.41, 5.74) is 7.26. The van der Waals surface area contributed by atoms with Crippen molar-refractivity contribution in [3.8, 4) is 5.69 Å². The van der Waals surface area contributed by atoms with E-state index >= 15 is 0 Å². The lowest BCUT2D eigenvalue weighted by atomic mass is 10.2. The van der Waals surface area contributed by atoms with Gasteiger partial charge in [-0.05, 0) is 50.2 Å². The lowest BCUT2D eigenvalue weighted by Crippen LogP contribution is -2.41. The van der Waals surface area contributed by atoms with Gasteiger partial charge in [-0.1, -0.05) is 18.2 Å². The molecule has 2 aromatic carbocycles. The third-order valence-electron chi connectivity index (χ3n) is 4.16. The van der Waals surface area contributed by atoms with E-state index in [4.69, 9.17) is 0 Å². The first-order valence-corrected chi connectivity index (χ1v) is 8.18. The fourth-order valence-corrected chi connectivity index (χ4v) is 2.86. The molecule has 1 aromatic heterocycles. The minimum Gasteiger partial charge on any atom is -0.318 e. The van der Waals surface area contributed by atoms with E-state index in [-0.39, 0.29) is 5.56 Å². The minimum absolute atomic E-state index is 0.107. The number of halogens is 2. The summed E-state index contributed by atoms with van der Waals surface area (Å²) in [4.78, 5) is 24.4. The molecular weight excluding hydrogens is 352 g/mol. The second-order valence-electron chi connectivity index (χ2n) is 5.99. The molecule has 0 fully saturated rings. The fourth-order valence-electron chi connectivity index (χ4n) is 2.86. The molecule has 0 aliphatic rings. The number of aromatic nitrogens is 1. The van der Waals surface area contributed by atoms with Crippen LogP contribution in [0.25, 0.3) is 5.69 Å². The smallest absolute Gasteiger partial charge is 0.271 e. The molecule has 0 saturated heterocycles. The van der Waals surface area contributed by atoms with E-state index in [0.29, 0.717) is 11.3 Å². The molecule has 2 amide bonds. The monoisotopic (exact) mass is 369 g/mol. The van der Waals surface area contributed by atoms with Gasteiger partial charge < -0.3 is 4.57 Å². The van der Waals surface area contributed by atoms with Crippen LogP contribution in [0.15, 0.2) is 54.6 Å². The highest BCUT2D eigenvalue weighted by Crippen LogP contribution is 2.20. The first-order valence-electron chi connectivity index (χ1n) is 8.18. The molecule has 0 unspecified atom stereocenters. The Morgan fingerprint density at radius 3 is 2.19 bits per heavy atom. The van der Waals surface area contributed by atoms with E-state index < -0.39 is 23.4 Å². The second kappa shape index (κ2) is 7.41. The van der Waals surface area contributed by atoms with Crippen molar-refractivity contribution < 1.29 is 18.4 Å². The lowest BCUT2D eigenvalue weighted by molar-refractivity contribution is 0.0846. The summed E-state index contributed by atoms with van der Waals surface area (Å²) in [6.07, 6.45) is 0. The average Bonchev–Trinajstić information content (AvgIpc) is 2.96. The number of nitrogens with one attached hydrogen (secondary N) is 2. The Morgan fingerprint density at radius 2 is 1.52 bits per heavy atom. The Balaban J connectivity index is 1.75. The Bertz CT molecular complexity index is 1010. The maximum absolute atomic E-state index is 13.2. The van der Waals surface area contributed by atoms with Crippen molar-refractivity contribution in [3.05, 3.63) is 88.7 Å². The van der Waals surface area contributed by atoms with E-state index in [9.17, 15) is 18.4 Å². The van der Waals surface area contributed by atoms with Crippen LogP contribution in [-0.4, -0.2) is 16.4 Å². The molecule has 0 bridgehead atoms. The van der Waals surface area contributed by atoms with Crippen molar-refractivity contribution in [1.82, 2.24) is 15.4 Å². The molecule has 138 valence electrons. The topological polar surface area (TPSA) is 63.1 Å². The molecule has 3 rings (SSSR count). The Hall–Kier alpha value is -3.48. The number of hydrazine groups is 1. The molecule has 0 radical (unpaired) electrons. The summed E-state index contributed by atoms with van der Waals surface area (Å²) >= 11 is 0. The number of para-hydroxylation sites is 1. The van der Waals surface area contributed by atoms with Gasteiger partial charge in [-0.25, -0.2) is 8.78 Å². The van der Waals surface area contributed by atoms with E-state index in [0.717, 1.165) is 29.6 Å². The summed E-state index contributed by atoms with van der Waals surface area (Å²) < 4.78 is 28.1. The van der Waals surface area contributed by atoms with E-state index in [1.54, 1.807) is 13.0 Å².